The largest absolute Gasteiger partial charge is 0.465 e. The van der Waals surface area contributed by atoms with Gasteiger partial charge in [0.2, 0.25) is 5.91 Å². The molecule has 1 aromatic carbocycles. The van der Waals surface area contributed by atoms with Crippen molar-refractivity contribution >= 4 is 12.0 Å². The predicted octanol–water partition coefficient (Wildman–Crippen LogP) is 1.02. The number of carboxylic acid groups (broad SMARTS) is 1. The smallest absolute Gasteiger partial charge is 0.407 e. The summed E-state index contributed by atoms with van der Waals surface area (Å²) in [6.45, 7) is 2.26. The van der Waals surface area contributed by atoms with Gasteiger partial charge in [-0.3, -0.25) is 4.79 Å². The molecule has 0 aliphatic carbocycles. The Balaban J connectivity index is 2.57. The van der Waals surface area contributed by atoms with Gasteiger partial charge in [-0.1, -0.05) is 30.3 Å². The van der Waals surface area contributed by atoms with Crippen molar-refractivity contribution in [2.45, 2.75) is 32.0 Å². The van der Waals surface area contributed by atoms with Gasteiger partial charge in [-0.05, 0) is 18.9 Å². The maximum Gasteiger partial charge on any atom is 0.407 e. The van der Waals surface area contributed by atoms with Crippen LogP contribution in [0.3, 0.4) is 0 Å². The summed E-state index contributed by atoms with van der Waals surface area (Å²) in [5.41, 5.74) is 6.40. The maximum atomic E-state index is 11.4. The van der Waals surface area contributed by atoms with Gasteiger partial charge in [0.15, 0.2) is 0 Å². The zero-order chi connectivity index (χ0) is 15.1. The second kappa shape index (κ2) is 7.49. The average Bonchev–Trinajstić information content (AvgIpc) is 2.42. The second-order valence-electron chi connectivity index (χ2n) is 4.80. The molecule has 0 bridgehead atoms. The number of primary amides is 1. The number of nitrogens with one attached hydrogen (secondary N) is 1. The first-order valence-corrected chi connectivity index (χ1v) is 6.44. The van der Waals surface area contributed by atoms with E-state index in [2.05, 4.69) is 5.32 Å². The molecule has 2 unspecified atom stereocenters. The third kappa shape index (κ3) is 4.89. The van der Waals surface area contributed by atoms with E-state index in [1.165, 1.54) is 11.9 Å². The Hall–Kier alpha value is -2.08. The van der Waals surface area contributed by atoms with E-state index in [0.29, 0.717) is 13.0 Å². The van der Waals surface area contributed by atoms with E-state index < -0.39 is 18.0 Å². The van der Waals surface area contributed by atoms with Crippen molar-refractivity contribution in [3.05, 3.63) is 35.9 Å². The van der Waals surface area contributed by atoms with Gasteiger partial charge in [-0.15, -0.1) is 0 Å². The number of amides is 2. The summed E-state index contributed by atoms with van der Waals surface area (Å²) in [7, 11) is 1.47. The summed E-state index contributed by atoms with van der Waals surface area (Å²) in [6.07, 6.45) is -0.686. The van der Waals surface area contributed by atoms with Gasteiger partial charge < -0.3 is 21.1 Å². The lowest BCUT2D eigenvalue weighted by Gasteiger charge is -2.25. The molecule has 6 nitrogen and oxygen atoms in total. The third-order valence-corrected chi connectivity index (χ3v) is 3.28. The van der Waals surface area contributed by atoms with Crippen molar-refractivity contribution < 1.29 is 14.7 Å². The molecule has 1 aromatic rings. The minimum absolute atomic E-state index is 0.298. The zero-order valence-corrected chi connectivity index (χ0v) is 11.7. The number of nitrogens with two attached hydrogens (primary N) is 1. The van der Waals surface area contributed by atoms with Crippen LogP contribution in [0.5, 0.6) is 0 Å². The van der Waals surface area contributed by atoms with Crippen molar-refractivity contribution in [3.63, 3.8) is 0 Å². The summed E-state index contributed by atoms with van der Waals surface area (Å²) in [6, 6.07) is 8.77. The molecule has 0 saturated carbocycles. The first-order valence-electron chi connectivity index (χ1n) is 6.44. The molecule has 0 heterocycles. The first-order chi connectivity index (χ1) is 9.41. The molecule has 110 valence electrons. The monoisotopic (exact) mass is 279 g/mol. The number of nitrogens with zero attached hydrogens (tertiary/aromatic N) is 1. The Morgan fingerprint density at radius 3 is 2.45 bits per heavy atom. The van der Waals surface area contributed by atoms with Gasteiger partial charge in [0.1, 0.15) is 0 Å². The highest BCUT2D eigenvalue weighted by Crippen LogP contribution is 2.07. The van der Waals surface area contributed by atoms with E-state index in [4.69, 9.17) is 10.8 Å². The molecular formula is C14H21N3O3. The van der Waals surface area contributed by atoms with Crippen LogP contribution in [0.1, 0.15) is 18.9 Å². The topological polar surface area (TPSA) is 95.7 Å². The Morgan fingerprint density at radius 1 is 1.35 bits per heavy atom. The highest BCUT2D eigenvalue weighted by atomic mass is 16.4. The van der Waals surface area contributed by atoms with Crippen LogP contribution in [-0.2, 0) is 11.3 Å². The van der Waals surface area contributed by atoms with Crippen LogP contribution in [0.15, 0.2) is 30.3 Å². The Bertz CT molecular complexity index is 450. The summed E-state index contributed by atoms with van der Waals surface area (Å²) >= 11 is 0. The molecule has 2 amide bonds. The predicted molar refractivity (Wildman–Crippen MR) is 76.1 cm³/mol. The zero-order valence-electron chi connectivity index (χ0n) is 11.7. The highest BCUT2D eigenvalue weighted by Gasteiger charge is 2.22. The molecule has 0 spiro atoms. The SMILES string of the molecule is CC(CC(NCc1ccccc1)C(N)=O)N(C)C(=O)O. The molecule has 4 N–H and O–H groups in total. The lowest BCUT2D eigenvalue weighted by molar-refractivity contribution is -0.120. The number of hydrogen-bond donors (Lipinski definition) is 3. The summed E-state index contributed by atoms with van der Waals surface area (Å²) in [4.78, 5) is 23.5. The molecule has 2 atom stereocenters. The quantitative estimate of drug-likeness (QED) is 0.694. The van der Waals surface area contributed by atoms with Crippen LogP contribution >= 0.6 is 0 Å². The van der Waals surface area contributed by atoms with Gasteiger partial charge in [0.05, 0.1) is 6.04 Å². The first kappa shape index (κ1) is 16.0. The number of hydrogen-bond acceptors (Lipinski definition) is 3. The van der Waals surface area contributed by atoms with Crippen LogP contribution in [0, 0.1) is 0 Å². The average molecular weight is 279 g/mol. The van der Waals surface area contributed by atoms with E-state index in [1.54, 1.807) is 6.92 Å². The van der Waals surface area contributed by atoms with Crippen LogP contribution in [-0.4, -0.2) is 41.1 Å². The third-order valence-electron chi connectivity index (χ3n) is 3.28. The summed E-state index contributed by atoms with van der Waals surface area (Å²) < 4.78 is 0. The highest BCUT2D eigenvalue weighted by molar-refractivity contribution is 5.80. The molecule has 0 aliphatic heterocycles. The molecule has 0 aliphatic rings. The molecule has 6 heteroatoms. The Labute approximate surface area is 118 Å². The van der Waals surface area contributed by atoms with E-state index >= 15 is 0 Å². The molecule has 0 aromatic heterocycles. The van der Waals surface area contributed by atoms with E-state index in [-0.39, 0.29) is 6.04 Å². The lowest BCUT2D eigenvalue weighted by Crippen LogP contribution is -2.46. The van der Waals surface area contributed by atoms with Crippen LogP contribution < -0.4 is 11.1 Å². The maximum absolute atomic E-state index is 11.4. The van der Waals surface area contributed by atoms with Crippen LogP contribution in [0.4, 0.5) is 4.79 Å². The van der Waals surface area contributed by atoms with Crippen LogP contribution in [0.2, 0.25) is 0 Å². The van der Waals surface area contributed by atoms with Gasteiger partial charge >= 0.3 is 6.09 Å². The number of benzene rings is 1. The minimum atomic E-state index is -1.02. The Kier molecular flexibility index (Phi) is 5.99. The lowest BCUT2D eigenvalue weighted by atomic mass is 10.1. The number of carbonyl (C=O) groups is 2. The summed E-state index contributed by atoms with van der Waals surface area (Å²) in [5.74, 6) is -0.480. The van der Waals surface area contributed by atoms with Crippen molar-refractivity contribution in [2.75, 3.05) is 7.05 Å². The number of rotatable bonds is 7. The van der Waals surface area contributed by atoms with E-state index in [0.717, 1.165) is 5.56 Å². The van der Waals surface area contributed by atoms with Crippen molar-refractivity contribution in [1.82, 2.24) is 10.2 Å². The molecular weight excluding hydrogens is 258 g/mol. The molecule has 0 fully saturated rings. The fraction of sp³-hybridized carbons (Fsp3) is 0.429. The van der Waals surface area contributed by atoms with Gasteiger partial charge in [0, 0.05) is 19.6 Å². The van der Waals surface area contributed by atoms with Crippen molar-refractivity contribution in [2.24, 2.45) is 5.73 Å². The van der Waals surface area contributed by atoms with E-state index in [9.17, 15) is 9.59 Å². The van der Waals surface area contributed by atoms with Gasteiger partial charge in [0.25, 0.3) is 0 Å². The normalized spacial score (nSPS) is 13.5. The van der Waals surface area contributed by atoms with Crippen molar-refractivity contribution in [1.29, 1.82) is 0 Å². The molecule has 0 radical (unpaired) electrons. The molecule has 0 saturated heterocycles. The second-order valence-corrected chi connectivity index (χ2v) is 4.80. The fourth-order valence-corrected chi connectivity index (χ4v) is 1.82. The standard InChI is InChI=1S/C14H21N3O3/c1-10(17(2)14(19)20)8-12(13(15)18)16-9-11-6-4-3-5-7-11/h3-7,10,12,16H,8-9H2,1-2H3,(H2,15,18)(H,19,20). The Morgan fingerprint density at radius 2 is 1.95 bits per heavy atom. The van der Waals surface area contributed by atoms with Gasteiger partial charge in [-0.2, -0.15) is 0 Å². The van der Waals surface area contributed by atoms with Crippen LogP contribution in [0.25, 0.3) is 0 Å². The van der Waals surface area contributed by atoms with Gasteiger partial charge in [-0.25, -0.2) is 4.79 Å². The molecule has 20 heavy (non-hydrogen) atoms. The minimum Gasteiger partial charge on any atom is -0.465 e. The summed E-state index contributed by atoms with van der Waals surface area (Å²) in [5, 5.41) is 12.0. The van der Waals surface area contributed by atoms with Crippen molar-refractivity contribution in [3.8, 4) is 0 Å². The molecule has 1 rings (SSSR count). The number of carbonyl (C=O) groups excluding carboxylic acids is 1. The van der Waals surface area contributed by atoms with E-state index in [1.807, 2.05) is 30.3 Å². The fourth-order valence-electron chi connectivity index (χ4n) is 1.82.